The largest absolute Gasteiger partial charge is 0.399 e. The first-order chi connectivity index (χ1) is 18.4. The molecule has 1 aliphatic rings. The first-order valence-electron chi connectivity index (χ1n) is 11.7. The number of allylic oxidation sites excluding steroid dienone is 1. The molecule has 1 heterocycles. The highest BCUT2D eigenvalue weighted by Crippen LogP contribution is 2.41. The normalized spacial score (nSPS) is 15.3. The van der Waals surface area contributed by atoms with Crippen LogP contribution in [0.15, 0.2) is 59.3 Å². The summed E-state index contributed by atoms with van der Waals surface area (Å²) in [5.41, 5.74) is -0.492. The molecule has 2 N–H and O–H groups in total. The molecule has 2 amide bonds. The maximum Gasteiger partial charge on any atom is 0.399 e. The lowest BCUT2D eigenvalue weighted by Gasteiger charge is -2.19. The van der Waals surface area contributed by atoms with E-state index in [-0.39, 0.29) is 32.1 Å². The molecule has 206 valence electrons. The maximum atomic E-state index is 13.8. The molecule has 39 heavy (non-hydrogen) atoms. The molecule has 3 aromatic rings. The third kappa shape index (κ3) is 7.16. The number of alkyl halides is 3. The Kier molecular flexibility index (Phi) is 9.00. The summed E-state index contributed by atoms with van der Waals surface area (Å²) in [6.07, 6.45) is 2.07. The van der Waals surface area contributed by atoms with Crippen molar-refractivity contribution in [3.8, 4) is 0 Å². The van der Waals surface area contributed by atoms with Crippen LogP contribution in [0.25, 0.3) is 6.08 Å². The molecule has 6 nitrogen and oxygen atoms in total. The van der Waals surface area contributed by atoms with Crippen molar-refractivity contribution in [3.63, 3.8) is 0 Å². The SMILES string of the molecule is O=C(NC1(C(=O)NCCn2cccn2)CC1)c1ccc(C=CC(c2cc(Cl)c(Cl)c(Cl)c2)C(F)(F)F)cc1Br. The van der Waals surface area contributed by atoms with Gasteiger partial charge in [-0.15, -0.1) is 0 Å². The molecule has 1 aromatic heterocycles. The highest BCUT2D eigenvalue weighted by atomic mass is 79.9. The molecule has 1 unspecified atom stereocenters. The fraction of sp³-hybridized carbons (Fsp3) is 0.269. The molecule has 0 bridgehead atoms. The van der Waals surface area contributed by atoms with E-state index in [1.807, 2.05) is 0 Å². The molecule has 1 saturated carbocycles. The predicted octanol–water partition coefficient (Wildman–Crippen LogP) is 7.04. The number of nitrogens with one attached hydrogen (secondary N) is 2. The second-order valence-corrected chi connectivity index (χ2v) is 11.0. The van der Waals surface area contributed by atoms with Gasteiger partial charge in [-0.25, -0.2) is 0 Å². The van der Waals surface area contributed by atoms with E-state index in [2.05, 4.69) is 31.7 Å². The molecule has 13 heteroatoms. The molecule has 1 atom stereocenters. The van der Waals surface area contributed by atoms with E-state index in [4.69, 9.17) is 34.8 Å². The van der Waals surface area contributed by atoms with Crippen molar-refractivity contribution < 1.29 is 22.8 Å². The van der Waals surface area contributed by atoms with Crippen molar-refractivity contribution in [1.29, 1.82) is 0 Å². The van der Waals surface area contributed by atoms with E-state index in [0.29, 0.717) is 36.0 Å². The first kappa shape index (κ1) is 29.5. The Bertz CT molecular complexity index is 1390. The van der Waals surface area contributed by atoms with Gasteiger partial charge in [0.2, 0.25) is 5.91 Å². The van der Waals surface area contributed by atoms with E-state index in [1.165, 1.54) is 24.3 Å². The number of hydrogen-bond acceptors (Lipinski definition) is 3. The Morgan fingerprint density at radius 3 is 2.41 bits per heavy atom. The average molecular weight is 665 g/mol. The standard InChI is InChI=1S/C26H21BrCl3F3N4O2/c27-19-12-15(3-5-18(26(31,32)33)16-13-20(28)22(30)21(29)14-16)2-4-17(19)23(38)36-25(6-7-25)24(39)34-9-11-37-10-1-8-35-37/h1-5,8,10,12-14,18H,6-7,9,11H2,(H,34,39)(H,36,38). The third-order valence-electron chi connectivity index (χ3n) is 6.16. The Morgan fingerprint density at radius 1 is 1.15 bits per heavy atom. The Morgan fingerprint density at radius 2 is 1.85 bits per heavy atom. The molecule has 4 rings (SSSR count). The predicted molar refractivity (Wildman–Crippen MR) is 148 cm³/mol. The highest BCUT2D eigenvalue weighted by Gasteiger charge is 2.51. The van der Waals surface area contributed by atoms with Crippen LogP contribution in [-0.4, -0.2) is 39.9 Å². The van der Waals surface area contributed by atoms with E-state index in [1.54, 1.807) is 23.1 Å². The van der Waals surface area contributed by atoms with Crippen molar-refractivity contribution in [2.45, 2.75) is 37.0 Å². The van der Waals surface area contributed by atoms with Gasteiger partial charge in [0.1, 0.15) is 5.54 Å². The van der Waals surface area contributed by atoms with Gasteiger partial charge in [-0.3, -0.25) is 14.3 Å². The maximum absolute atomic E-state index is 13.8. The average Bonchev–Trinajstić information content (AvgIpc) is 3.45. The number of nitrogens with zero attached hydrogens (tertiary/aromatic N) is 2. The van der Waals surface area contributed by atoms with Crippen LogP contribution in [-0.2, 0) is 11.3 Å². The van der Waals surface area contributed by atoms with Crippen LogP contribution in [0.1, 0.15) is 40.2 Å². The van der Waals surface area contributed by atoms with Crippen molar-refractivity contribution in [1.82, 2.24) is 20.4 Å². The second kappa shape index (κ2) is 11.9. The number of carbonyl (C=O) groups excluding carboxylic acids is 2. The number of hydrogen-bond donors (Lipinski definition) is 2. The molecular weight excluding hydrogens is 644 g/mol. The summed E-state index contributed by atoms with van der Waals surface area (Å²) in [5, 5.41) is 9.48. The molecule has 2 aromatic carbocycles. The lowest BCUT2D eigenvalue weighted by molar-refractivity contribution is -0.139. The number of carbonyl (C=O) groups is 2. The summed E-state index contributed by atoms with van der Waals surface area (Å²) in [5.74, 6) is -2.75. The monoisotopic (exact) mass is 662 g/mol. The second-order valence-electron chi connectivity index (χ2n) is 8.98. The summed E-state index contributed by atoms with van der Waals surface area (Å²) in [6.45, 7) is 0.854. The van der Waals surface area contributed by atoms with Crippen LogP contribution in [0.2, 0.25) is 15.1 Å². The molecule has 1 fully saturated rings. The minimum atomic E-state index is -4.62. The molecule has 0 saturated heterocycles. The smallest absolute Gasteiger partial charge is 0.352 e. The zero-order valence-electron chi connectivity index (χ0n) is 20.0. The number of halogens is 7. The van der Waals surface area contributed by atoms with Gasteiger partial charge in [0.25, 0.3) is 5.91 Å². The van der Waals surface area contributed by atoms with Crippen LogP contribution in [0.4, 0.5) is 13.2 Å². The van der Waals surface area contributed by atoms with Gasteiger partial charge < -0.3 is 10.6 Å². The molecule has 0 aliphatic heterocycles. The quantitative estimate of drug-likeness (QED) is 0.241. The molecular formula is C26H21BrCl3F3N4O2. The molecule has 0 radical (unpaired) electrons. The third-order valence-corrected chi connectivity index (χ3v) is 8.01. The van der Waals surface area contributed by atoms with Crippen LogP contribution >= 0.6 is 50.7 Å². The summed E-state index contributed by atoms with van der Waals surface area (Å²) < 4.78 is 43.5. The van der Waals surface area contributed by atoms with Crippen molar-refractivity contribution in [2.75, 3.05) is 6.54 Å². The zero-order valence-corrected chi connectivity index (χ0v) is 23.9. The minimum absolute atomic E-state index is 0.0236. The minimum Gasteiger partial charge on any atom is -0.352 e. The fourth-order valence-electron chi connectivity index (χ4n) is 3.89. The van der Waals surface area contributed by atoms with Gasteiger partial charge in [0.15, 0.2) is 0 Å². The van der Waals surface area contributed by atoms with Gasteiger partial charge in [-0.1, -0.05) is 53.0 Å². The van der Waals surface area contributed by atoms with Crippen LogP contribution < -0.4 is 10.6 Å². The van der Waals surface area contributed by atoms with Gasteiger partial charge in [0, 0.05) is 23.4 Å². The number of aromatic nitrogens is 2. The Balaban J connectivity index is 1.43. The first-order valence-corrected chi connectivity index (χ1v) is 13.6. The number of rotatable bonds is 9. The van der Waals surface area contributed by atoms with Gasteiger partial charge in [-0.2, -0.15) is 18.3 Å². The fourth-order valence-corrected chi connectivity index (χ4v) is 5.08. The Hall–Kier alpha value is -2.53. The van der Waals surface area contributed by atoms with Crippen molar-refractivity contribution in [3.05, 3.63) is 91.1 Å². The topological polar surface area (TPSA) is 76.0 Å². The van der Waals surface area contributed by atoms with Crippen LogP contribution in [0.5, 0.6) is 0 Å². The summed E-state index contributed by atoms with van der Waals surface area (Å²) >= 11 is 21.1. The number of benzene rings is 2. The van der Waals surface area contributed by atoms with E-state index in [0.717, 1.165) is 18.2 Å². The van der Waals surface area contributed by atoms with E-state index < -0.39 is 23.5 Å². The van der Waals surface area contributed by atoms with Gasteiger partial charge in [0.05, 0.1) is 33.1 Å². The molecule has 0 spiro atoms. The summed E-state index contributed by atoms with van der Waals surface area (Å²) in [6, 6.07) is 8.54. The van der Waals surface area contributed by atoms with Crippen molar-refractivity contribution >= 4 is 68.6 Å². The van der Waals surface area contributed by atoms with E-state index >= 15 is 0 Å². The lowest BCUT2D eigenvalue weighted by Crippen LogP contribution is -2.49. The van der Waals surface area contributed by atoms with Crippen molar-refractivity contribution in [2.24, 2.45) is 0 Å². The zero-order chi connectivity index (χ0) is 28.4. The lowest BCUT2D eigenvalue weighted by atomic mass is 9.97. The summed E-state index contributed by atoms with van der Waals surface area (Å²) in [7, 11) is 0. The molecule has 1 aliphatic carbocycles. The van der Waals surface area contributed by atoms with Gasteiger partial charge in [-0.05, 0) is 70.2 Å². The summed E-state index contributed by atoms with van der Waals surface area (Å²) in [4.78, 5) is 25.6. The van der Waals surface area contributed by atoms with Gasteiger partial charge >= 0.3 is 6.18 Å². The van der Waals surface area contributed by atoms with Crippen LogP contribution in [0, 0.1) is 0 Å². The number of amides is 2. The Labute approximate surface area is 245 Å². The van der Waals surface area contributed by atoms with Crippen LogP contribution in [0.3, 0.4) is 0 Å². The van der Waals surface area contributed by atoms with E-state index in [9.17, 15) is 22.8 Å². The highest BCUT2D eigenvalue weighted by molar-refractivity contribution is 9.10.